The van der Waals surface area contributed by atoms with Crippen LogP contribution in [-0.2, 0) is 19.0 Å². The maximum atomic E-state index is 14.3. The zero-order chi connectivity index (χ0) is 48.3. The number of nitrogens with one attached hydrogen (secondary N) is 4. The zero-order valence-electron chi connectivity index (χ0n) is 35.5. The van der Waals surface area contributed by atoms with E-state index in [0.717, 1.165) is 44.4 Å². The Hall–Kier alpha value is -4.92. The van der Waals surface area contributed by atoms with Crippen molar-refractivity contribution in [2.75, 3.05) is 63.0 Å². The van der Waals surface area contributed by atoms with Crippen molar-refractivity contribution in [1.29, 1.82) is 0 Å². The first-order valence-corrected chi connectivity index (χ1v) is 20.7. The Morgan fingerprint density at radius 2 is 0.909 bits per heavy atom. The normalized spacial score (nSPS) is 32.5. The molecule has 3 aromatic rings. The zero-order valence-corrected chi connectivity index (χ0v) is 35.5. The smallest absolute Gasteiger partial charge is 0.272 e. The second-order valence-corrected chi connectivity index (χ2v) is 16.3. The standard InChI is InChI=1S/C39H56N8O19/c1-44(2)5-3-4-40-34(61)19-7-17(10-46(19)38-32(59)29(56)26(53)23(13-49)65-38)42-36(63)21-8-18(11-47(21)39-33(60)30(57)27(54)24(14-50)66-39)43-35(62)20-6-16(41-15-51)9-45(20)37-31(58)28(55)25(52)22(12-48)64-37/h6-11,15,22-33,37-39,48-50,52-60H,3-5,12-14H2,1-2H3,(H,40,61)(H,41,51)(H,42,63)(H,43,62)/t22-,23-,24-,25-,26-,27-,28+,29+,30+,31-,32-,33-,37+,38+,39+/m1/s1. The van der Waals surface area contributed by atoms with Gasteiger partial charge >= 0.3 is 0 Å². The van der Waals surface area contributed by atoms with E-state index in [-0.39, 0.29) is 41.4 Å². The van der Waals surface area contributed by atoms with E-state index >= 15 is 0 Å². The van der Waals surface area contributed by atoms with Crippen molar-refractivity contribution in [3.63, 3.8) is 0 Å². The fraction of sp³-hybridized carbons (Fsp3) is 0.590. The number of carbonyl (C=O) groups excluding carboxylic acids is 4. The molecule has 366 valence electrons. The molecule has 0 saturated carbocycles. The SMILES string of the molecule is CN(C)CCCNC(=O)c1cc(NC(=O)c2cc(NC(=O)c3cc(NC=O)cn3[C@H]3O[C@H](CO)[C@@H](O)[C@H](O)[C@H]3O)cn2[C@H]2O[C@H](CO)[C@@H](O)[C@H](O)[C@H]2O)cn1[C@H]1O[C@H](CO)[C@@H](O)[C@H](O)[C@H]1O. The molecule has 0 aliphatic carbocycles. The number of anilines is 3. The maximum Gasteiger partial charge on any atom is 0.272 e. The van der Waals surface area contributed by atoms with Gasteiger partial charge < -0.3 is 115 Å². The maximum absolute atomic E-state index is 14.3. The summed E-state index contributed by atoms with van der Waals surface area (Å²) in [6.45, 7) is -1.66. The van der Waals surface area contributed by atoms with Gasteiger partial charge in [0.05, 0.1) is 36.9 Å². The first-order chi connectivity index (χ1) is 31.3. The first-order valence-electron chi connectivity index (χ1n) is 20.7. The third-order valence-electron chi connectivity index (χ3n) is 11.5. The van der Waals surface area contributed by atoms with Crippen molar-refractivity contribution in [3.05, 3.63) is 53.9 Å². The molecule has 15 atom stereocenters. The van der Waals surface area contributed by atoms with Crippen molar-refractivity contribution in [1.82, 2.24) is 23.9 Å². The number of rotatable bonds is 17. The van der Waals surface area contributed by atoms with Gasteiger partial charge in [0, 0.05) is 25.1 Å². The largest absolute Gasteiger partial charge is 0.394 e. The Morgan fingerprint density at radius 1 is 0.561 bits per heavy atom. The minimum atomic E-state index is -1.97. The van der Waals surface area contributed by atoms with Crippen LogP contribution in [0.25, 0.3) is 0 Å². The molecule has 0 spiro atoms. The Morgan fingerprint density at radius 3 is 1.26 bits per heavy atom. The van der Waals surface area contributed by atoms with Gasteiger partial charge in [0.25, 0.3) is 17.7 Å². The molecule has 16 N–H and O–H groups in total. The number of aliphatic hydroxyl groups excluding tert-OH is 12. The van der Waals surface area contributed by atoms with Crippen LogP contribution in [-0.4, -0.2) is 224 Å². The van der Waals surface area contributed by atoms with Crippen LogP contribution in [0.3, 0.4) is 0 Å². The summed E-state index contributed by atoms with van der Waals surface area (Å²) in [6.07, 6.45) is -21.7. The fourth-order valence-corrected chi connectivity index (χ4v) is 7.91. The van der Waals surface area contributed by atoms with Crippen LogP contribution in [0.1, 0.15) is 56.6 Å². The summed E-state index contributed by atoms with van der Waals surface area (Å²) >= 11 is 0. The molecular weight excluding hydrogens is 884 g/mol. The minimum Gasteiger partial charge on any atom is -0.394 e. The molecule has 27 nitrogen and oxygen atoms in total. The second-order valence-electron chi connectivity index (χ2n) is 16.3. The summed E-state index contributed by atoms with van der Waals surface area (Å²) < 4.78 is 20.1. The van der Waals surface area contributed by atoms with Crippen molar-refractivity contribution >= 4 is 41.2 Å². The summed E-state index contributed by atoms with van der Waals surface area (Å²) in [4.78, 5) is 55.3. The highest BCUT2D eigenvalue weighted by molar-refractivity contribution is 6.07. The lowest BCUT2D eigenvalue weighted by atomic mass is 9.98. The molecule has 3 aliphatic rings. The van der Waals surface area contributed by atoms with Gasteiger partial charge in [-0.15, -0.1) is 0 Å². The summed E-state index contributed by atoms with van der Waals surface area (Å²) in [6, 6.07) is 3.40. The number of hydrogen-bond acceptors (Lipinski definition) is 20. The lowest BCUT2D eigenvalue weighted by molar-refractivity contribution is -0.251. The van der Waals surface area contributed by atoms with Crippen molar-refractivity contribution in [2.45, 2.75) is 98.4 Å². The summed E-state index contributed by atoms with van der Waals surface area (Å²) in [5.41, 5.74) is -1.37. The molecule has 3 aliphatic heterocycles. The average Bonchev–Trinajstić information content (AvgIpc) is 4.03. The third kappa shape index (κ3) is 10.3. The van der Waals surface area contributed by atoms with Gasteiger partial charge in [0.1, 0.15) is 90.3 Å². The van der Waals surface area contributed by atoms with Gasteiger partial charge in [-0.2, -0.15) is 0 Å². The number of ether oxygens (including phenoxy) is 3. The number of hydrogen-bond donors (Lipinski definition) is 16. The lowest BCUT2D eigenvalue weighted by Gasteiger charge is -2.41. The molecule has 3 saturated heterocycles. The predicted molar refractivity (Wildman–Crippen MR) is 221 cm³/mol. The van der Waals surface area contributed by atoms with Crippen LogP contribution in [0.5, 0.6) is 0 Å². The number of aromatic nitrogens is 3. The highest BCUT2D eigenvalue weighted by atomic mass is 16.6. The molecule has 0 aromatic carbocycles. The van der Waals surface area contributed by atoms with Crippen LogP contribution in [0.4, 0.5) is 17.1 Å². The van der Waals surface area contributed by atoms with E-state index in [0.29, 0.717) is 13.0 Å². The summed E-state index contributed by atoms with van der Waals surface area (Å²) in [5, 5.41) is 136. The van der Waals surface area contributed by atoms with E-state index in [2.05, 4.69) is 21.3 Å². The van der Waals surface area contributed by atoms with Crippen LogP contribution in [0.2, 0.25) is 0 Å². The Kier molecular flexibility index (Phi) is 16.3. The molecule has 0 radical (unpaired) electrons. The minimum absolute atomic E-state index is 0.0108. The van der Waals surface area contributed by atoms with Crippen LogP contribution >= 0.6 is 0 Å². The van der Waals surface area contributed by atoms with Crippen LogP contribution in [0.15, 0.2) is 36.8 Å². The van der Waals surface area contributed by atoms with E-state index in [1.807, 2.05) is 19.0 Å². The third-order valence-corrected chi connectivity index (χ3v) is 11.5. The number of aliphatic hydroxyl groups is 12. The molecular formula is C39H56N8O19. The van der Waals surface area contributed by atoms with Crippen LogP contribution < -0.4 is 21.3 Å². The molecule has 27 heteroatoms. The molecule has 3 aromatic heterocycles. The van der Waals surface area contributed by atoms with Gasteiger partial charge in [0.15, 0.2) is 18.7 Å². The van der Waals surface area contributed by atoms with E-state index < -0.39 is 135 Å². The topological polar surface area (TPSA) is 405 Å². The summed E-state index contributed by atoms with van der Waals surface area (Å²) in [5.74, 6) is -2.78. The highest BCUT2D eigenvalue weighted by Crippen LogP contribution is 2.36. The molecule has 4 amide bonds. The van der Waals surface area contributed by atoms with Crippen LogP contribution in [0, 0.1) is 0 Å². The van der Waals surface area contributed by atoms with E-state index in [4.69, 9.17) is 14.2 Å². The first kappa shape index (κ1) is 50.5. The van der Waals surface area contributed by atoms with Crippen molar-refractivity contribution in [3.8, 4) is 0 Å². The Labute approximate surface area is 374 Å². The van der Waals surface area contributed by atoms with Crippen molar-refractivity contribution in [2.24, 2.45) is 0 Å². The molecule has 6 rings (SSSR count). The van der Waals surface area contributed by atoms with Gasteiger partial charge in [0.2, 0.25) is 6.41 Å². The molecule has 0 bridgehead atoms. The van der Waals surface area contributed by atoms with Gasteiger partial charge in [-0.05, 0) is 45.3 Å². The number of carbonyl (C=O) groups is 4. The Bertz CT molecular complexity index is 2160. The molecule has 3 fully saturated rings. The Balaban J connectivity index is 1.37. The van der Waals surface area contributed by atoms with E-state index in [1.54, 1.807) is 0 Å². The van der Waals surface area contributed by atoms with E-state index in [9.17, 15) is 80.5 Å². The quantitative estimate of drug-likeness (QED) is 0.0442. The summed E-state index contributed by atoms with van der Waals surface area (Å²) in [7, 11) is 3.67. The predicted octanol–water partition coefficient (Wildman–Crippen LogP) is -6.24. The van der Waals surface area contributed by atoms with Gasteiger partial charge in [-0.3, -0.25) is 19.2 Å². The highest BCUT2D eigenvalue weighted by Gasteiger charge is 2.48. The number of nitrogens with zero attached hydrogens (tertiary/aromatic N) is 4. The molecule has 66 heavy (non-hydrogen) atoms. The lowest BCUT2D eigenvalue weighted by Crippen LogP contribution is -2.56. The molecule has 6 heterocycles. The van der Waals surface area contributed by atoms with Crippen molar-refractivity contribution < 1.29 is 94.7 Å². The van der Waals surface area contributed by atoms with E-state index in [1.165, 1.54) is 6.07 Å². The fourth-order valence-electron chi connectivity index (χ4n) is 7.91. The molecule has 0 unspecified atom stereocenters. The van der Waals surface area contributed by atoms with Gasteiger partial charge in [-0.1, -0.05) is 0 Å². The average molecular weight is 941 g/mol. The monoisotopic (exact) mass is 940 g/mol. The van der Waals surface area contributed by atoms with Gasteiger partial charge in [-0.25, -0.2) is 0 Å². The second kappa shape index (κ2) is 21.4. The number of amides is 4.